The van der Waals surface area contributed by atoms with Crippen LogP contribution in [0.25, 0.3) is 11.0 Å². The molecule has 6 nitrogen and oxygen atoms in total. The number of para-hydroxylation sites is 1. The van der Waals surface area contributed by atoms with Gasteiger partial charge in [-0.15, -0.1) is 0 Å². The first-order valence-corrected chi connectivity index (χ1v) is 11.8. The zero-order valence-corrected chi connectivity index (χ0v) is 18.3. The van der Waals surface area contributed by atoms with Gasteiger partial charge in [0.05, 0.1) is 22.0 Å². The van der Waals surface area contributed by atoms with Crippen molar-refractivity contribution in [1.29, 1.82) is 0 Å². The molecule has 0 saturated heterocycles. The van der Waals surface area contributed by atoms with E-state index in [-0.39, 0.29) is 0 Å². The van der Waals surface area contributed by atoms with Crippen LogP contribution in [0.5, 0.6) is 11.5 Å². The van der Waals surface area contributed by atoms with Crippen LogP contribution in [0.15, 0.2) is 72.8 Å². The topological polar surface area (TPSA) is 84.1 Å². The first kappa shape index (κ1) is 20.9. The number of ether oxygens (including phenoxy) is 1. The van der Waals surface area contributed by atoms with Crippen LogP contribution in [0, 0.1) is 0 Å². The van der Waals surface area contributed by atoms with E-state index in [9.17, 15) is 8.42 Å². The number of benzene rings is 3. The molecule has 1 atom stereocenters. The summed E-state index contributed by atoms with van der Waals surface area (Å²) in [4.78, 5) is 7.91. The predicted octanol–water partition coefficient (Wildman–Crippen LogP) is 5.49. The minimum absolute atomic E-state index is 0.450. The maximum absolute atomic E-state index is 12.3. The Labute approximate surface area is 182 Å². The lowest BCUT2D eigenvalue weighted by molar-refractivity contribution is 0.482. The number of sulfonamides is 1. The number of hydrogen-bond donors (Lipinski definition) is 2. The van der Waals surface area contributed by atoms with Crippen LogP contribution in [0.4, 0.5) is 5.69 Å². The fraction of sp³-hybridized carbons (Fsp3) is 0.208. The van der Waals surface area contributed by atoms with E-state index in [4.69, 9.17) is 4.74 Å². The number of aromatic amines is 1. The Hall–Kier alpha value is -3.32. The zero-order chi connectivity index (χ0) is 21.8. The standard InChI is InChI=1S/C24H25N3O3S/c1-3-17(2)31(28,29)27-19-11-14-22-23(16-19)26-24(25-22)15-18-9-12-21(13-10-18)30-20-7-5-4-6-8-20/h4-14,16-17,27H,3,15H2,1-2H3,(H,25,26). The molecule has 1 aromatic heterocycles. The summed E-state index contributed by atoms with van der Waals surface area (Å²) in [5, 5.41) is -0.450. The van der Waals surface area contributed by atoms with Gasteiger partial charge >= 0.3 is 0 Å². The second kappa shape index (κ2) is 8.81. The quantitative estimate of drug-likeness (QED) is 0.383. The number of aromatic nitrogens is 2. The van der Waals surface area contributed by atoms with E-state index in [2.05, 4.69) is 14.7 Å². The highest BCUT2D eigenvalue weighted by Gasteiger charge is 2.19. The largest absolute Gasteiger partial charge is 0.457 e. The molecule has 0 saturated carbocycles. The molecule has 160 valence electrons. The van der Waals surface area contributed by atoms with Crippen molar-refractivity contribution in [3.8, 4) is 11.5 Å². The molecule has 0 aliphatic rings. The smallest absolute Gasteiger partial charge is 0.235 e. The summed E-state index contributed by atoms with van der Waals surface area (Å²) in [6.07, 6.45) is 1.19. The second-order valence-corrected chi connectivity index (χ2v) is 9.62. The van der Waals surface area contributed by atoms with Crippen molar-refractivity contribution < 1.29 is 13.2 Å². The molecule has 0 spiro atoms. The minimum Gasteiger partial charge on any atom is -0.457 e. The van der Waals surface area contributed by atoms with E-state index in [1.807, 2.05) is 67.6 Å². The van der Waals surface area contributed by atoms with Gasteiger partial charge < -0.3 is 9.72 Å². The minimum atomic E-state index is -3.40. The molecule has 0 amide bonds. The summed E-state index contributed by atoms with van der Waals surface area (Å²) in [6, 6.07) is 22.9. The molecule has 0 aliphatic heterocycles. The van der Waals surface area contributed by atoms with Crippen molar-refractivity contribution in [2.75, 3.05) is 4.72 Å². The van der Waals surface area contributed by atoms with Crippen LogP contribution >= 0.6 is 0 Å². The van der Waals surface area contributed by atoms with Crippen molar-refractivity contribution in [2.45, 2.75) is 31.9 Å². The van der Waals surface area contributed by atoms with Gasteiger partial charge in [-0.2, -0.15) is 0 Å². The molecule has 0 aliphatic carbocycles. The van der Waals surface area contributed by atoms with Gasteiger partial charge in [0.15, 0.2) is 0 Å². The number of hydrogen-bond acceptors (Lipinski definition) is 4. The molecule has 31 heavy (non-hydrogen) atoms. The van der Waals surface area contributed by atoms with Crippen molar-refractivity contribution in [1.82, 2.24) is 9.97 Å². The number of imidazole rings is 1. The normalized spacial score (nSPS) is 12.6. The van der Waals surface area contributed by atoms with Crippen molar-refractivity contribution in [2.24, 2.45) is 0 Å². The highest BCUT2D eigenvalue weighted by Crippen LogP contribution is 2.23. The van der Waals surface area contributed by atoms with Gasteiger partial charge in [0.2, 0.25) is 10.0 Å². The van der Waals surface area contributed by atoms with Gasteiger partial charge in [-0.05, 0) is 61.4 Å². The summed E-state index contributed by atoms with van der Waals surface area (Å²) in [6.45, 7) is 3.56. The number of fused-ring (bicyclic) bond motifs is 1. The van der Waals surface area contributed by atoms with Gasteiger partial charge in [0, 0.05) is 6.42 Å². The Morgan fingerprint density at radius 3 is 2.42 bits per heavy atom. The maximum Gasteiger partial charge on any atom is 0.235 e. The van der Waals surface area contributed by atoms with Gasteiger partial charge in [0.25, 0.3) is 0 Å². The first-order chi connectivity index (χ1) is 14.9. The Kier molecular flexibility index (Phi) is 5.95. The number of nitrogens with one attached hydrogen (secondary N) is 2. The number of H-pyrrole nitrogens is 1. The molecule has 0 fully saturated rings. The molecule has 3 aromatic carbocycles. The number of nitrogens with zero attached hydrogens (tertiary/aromatic N) is 1. The van der Waals surface area contributed by atoms with Crippen molar-refractivity contribution >= 4 is 26.7 Å². The Bertz CT molecular complexity index is 1270. The Morgan fingerprint density at radius 1 is 1.00 bits per heavy atom. The van der Waals surface area contributed by atoms with E-state index in [0.29, 0.717) is 18.5 Å². The highest BCUT2D eigenvalue weighted by molar-refractivity contribution is 7.93. The third-order valence-electron chi connectivity index (χ3n) is 5.17. The SMILES string of the molecule is CCC(C)S(=O)(=O)Nc1ccc2nc(Cc3ccc(Oc4ccccc4)cc3)[nH]c2c1. The number of rotatable bonds is 8. The highest BCUT2D eigenvalue weighted by atomic mass is 32.2. The zero-order valence-electron chi connectivity index (χ0n) is 17.5. The van der Waals surface area contributed by atoms with Crippen molar-refractivity contribution in [3.05, 3.63) is 84.2 Å². The van der Waals surface area contributed by atoms with Gasteiger partial charge in [0.1, 0.15) is 17.3 Å². The van der Waals surface area contributed by atoms with Crippen LogP contribution in [-0.2, 0) is 16.4 Å². The van der Waals surface area contributed by atoms with E-state index in [0.717, 1.165) is 33.9 Å². The summed E-state index contributed by atoms with van der Waals surface area (Å²) >= 11 is 0. The van der Waals surface area contributed by atoms with Crippen LogP contribution in [-0.4, -0.2) is 23.6 Å². The lowest BCUT2D eigenvalue weighted by Crippen LogP contribution is -2.24. The first-order valence-electron chi connectivity index (χ1n) is 10.2. The molecule has 1 unspecified atom stereocenters. The molecular weight excluding hydrogens is 410 g/mol. The third-order valence-corrected chi connectivity index (χ3v) is 7.08. The lowest BCUT2D eigenvalue weighted by Gasteiger charge is -2.12. The van der Waals surface area contributed by atoms with Crippen LogP contribution in [0.1, 0.15) is 31.7 Å². The Balaban J connectivity index is 1.46. The van der Waals surface area contributed by atoms with E-state index < -0.39 is 15.3 Å². The van der Waals surface area contributed by atoms with E-state index in [1.165, 1.54) is 0 Å². The number of anilines is 1. The molecule has 7 heteroatoms. The molecule has 0 radical (unpaired) electrons. The van der Waals surface area contributed by atoms with Gasteiger partial charge in [-0.1, -0.05) is 37.3 Å². The summed E-state index contributed by atoms with van der Waals surface area (Å²) in [7, 11) is -3.40. The molecule has 0 bridgehead atoms. The van der Waals surface area contributed by atoms with Crippen LogP contribution in [0.2, 0.25) is 0 Å². The fourth-order valence-electron chi connectivity index (χ4n) is 3.19. The average Bonchev–Trinajstić information content (AvgIpc) is 3.16. The van der Waals surface area contributed by atoms with Crippen LogP contribution < -0.4 is 9.46 Å². The summed E-state index contributed by atoms with van der Waals surface area (Å²) in [5.41, 5.74) is 3.22. The second-order valence-electron chi connectivity index (χ2n) is 7.52. The lowest BCUT2D eigenvalue weighted by atomic mass is 10.1. The predicted molar refractivity (Wildman–Crippen MR) is 124 cm³/mol. The molecular formula is C24H25N3O3S. The third kappa shape index (κ3) is 5.06. The summed E-state index contributed by atoms with van der Waals surface area (Å²) in [5.74, 6) is 2.39. The molecule has 2 N–H and O–H groups in total. The van der Waals surface area contributed by atoms with E-state index in [1.54, 1.807) is 19.1 Å². The van der Waals surface area contributed by atoms with Gasteiger partial charge in [-0.25, -0.2) is 13.4 Å². The van der Waals surface area contributed by atoms with Crippen LogP contribution in [0.3, 0.4) is 0 Å². The Morgan fingerprint density at radius 2 is 1.71 bits per heavy atom. The monoisotopic (exact) mass is 435 g/mol. The van der Waals surface area contributed by atoms with Crippen molar-refractivity contribution in [3.63, 3.8) is 0 Å². The summed E-state index contributed by atoms with van der Waals surface area (Å²) < 4.78 is 33.1. The van der Waals surface area contributed by atoms with E-state index >= 15 is 0 Å². The maximum atomic E-state index is 12.3. The van der Waals surface area contributed by atoms with Gasteiger partial charge in [-0.3, -0.25) is 4.72 Å². The molecule has 1 heterocycles. The average molecular weight is 436 g/mol. The molecule has 4 rings (SSSR count). The fourth-order valence-corrected chi connectivity index (χ4v) is 4.28. The molecule has 4 aromatic rings.